The Bertz CT molecular complexity index is 943. The summed E-state index contributed by atoms with van der Waals surface area (Å²) in [7, 11) is 0. The summed E-state index contributed by atoms with van der Waals surface area (Å²) < 4.78 is 5.95. The Morgan fingerprint density at radius 1 is 1.00 bits per heavy atom. The molecule has 1 aromatic carbocycles. The molecule has 0 spiro atoms. The van der Waals surface area contributed by atoms with Crippen molar-refractivity contribution in [1.82, 2.24) is 5.32 Å². The van der Waals surface area contributed by atoms with E-state index >= 15 is 0 Å². The Labute approximate surface area is 169 Å². The highest BCUT2D eigenvalue weighted by Crippen LogP contribution is 2.52. The van der Waals surface area contributed by atoms with Gasteiger partial charge in [-0.25, -0.2) is 0 Å². The number of Topliss-reactive ketones (excluding diaryl/α,β-unsaturated/α-hetero) is 2. The van der Waals surface area contributed by atoms with E-state index < -0.39 is 11.8 Å². The van der Waals surface area contributed by atoms with Crippen molar-refractivity contribution >= 4 is 23.4 Å². The predicted octanol–water partition coefficient (Wildman–Crippen LogP) is 1.92. The molecule has 0 aromatic heterocycles. The highest BCUT2D eigenvalue weighted by Gasteiger charge is 2.63. The number of hydrogen-bond acceptors (Lipinski definition) is 5. The van der Waals surface area contributed by atoms with Gasteiger partial charge in [0.15, 0.2) is 5.78 Å². The lowest BCUT2D eigenvalue weighted by Gasteiger charge is -2.26. The number of carbonyl (C=O) groups is 4. The number of ketones is 2. The summed E-state index contributed by atoms with van der Waals surface area (Å²) in [4.78, 5) is 50.2. The minimum atomic E-state index is -0.677. The van der Waals surface area contributed by atoms with E-state index in [0.717, 1.165) is 22.3 Å². The van der Waals surface area contributed by atoms with Crippen LogP contribution in [0.4, 0.5) is 0 Å². The van der Waals surface area contributed by atoms with Crippen LogP contribution in [0.25, 0.3) is 0 Å². The van der Waals surface area contributed by atoms with Crippen molar-refractivity contribution < 1.29 is 23.9 Å². The summed E-state index contributed by atoms with van der Waals surface area (Å²) in [5.41, 5.74) is 3.96. The third-order valence-corrected chi connectivity index (χ3v) is 7.40. The van der Waals surface area contributed by atoms with E-state index in [1.54, 1.807) is 0 Å². The van der Waals surface area contributed by atoms with Gasteiger partial charge in [-0.15, -0.1) is 0 Å². The maximum Gasteiger partial charge on any atom is 0.233 e. The standard InChI is InChI=1S/C23H25NO5/c1-9-4-10(2)16(11(3)5-9)17-14(25)7-12(20(17)26)6-13-8-15-18-19(21(13)29-15)23(28)24-22(18)27/h4-5,12-13,15,17-19,21H,6-8H2,1-3H3,(H,24,27,28). The van der Waals surface area contributed by atoms with Crippen molar-refractivity contribution in [3.8, 4) is 0 Å². The molecule has 3 saturated heterocycles. The van der Waals surface area contributed by atoms with Crippen LogP contribution in [0.5, 0.6) is 0 Å². The molecule has 4 fully saturated rings. The van der Waals surface area contributed by atoms with Crippen LogP contribution >= 0.6 is 0 Å². The monoisotopic (exact) mass is 395 g/mol. The maximum absolute atomic E-state index is 13.2. The fourth-order valence-electron chi connectivity index (χ4n) is 6.38. The number of ether oxygens (including phenoxy) is 1. The highest BCUT2D eigenvalue weighted by atomic mass is 16.5. The zero-order valence-electron chi connectivity index (χ0n) is 16.9. The van der Waals surface area contributed by atoms with Crippen LogP contribution in [0.15, 0.2) is 12.1 Å². The van der Waals surface area contributed by atoms with Crippen molar-refractivity contribution in [3.05, 3.63) is 34.4 Å². The molecular weight excluding hydrogens is 370 g/mol. The number of rotatable bonds is 3. The van der Waals surface area contributed by atoms with Crippen LogP contribution in [-0.2, 0) is 23.9 Å². The van der Waals surface area contributed by atoms with Crippen molar-refractivity contribution in [2.45, 2.75) is 58.2 Å². The second-order valence-corrected chi connectivity index (χ2v) is 9.29. The molecule has 3 heterocycles. The molecule has 1 aliphatic carbocycles. The van der Waals surface area contributed by atoms with Crippen LogP contribution in [0, 0.1) is 44.4 Å². The average Bonchev–Trinajstić information content (AvgIpc) is 3.34. The summed E-state index contributed by atoms with van der Waals surface area (Å²) in [6.07, 6.45) is 0.921. The minimum absolute atomic E-state index is 0.00340. The molecule has 5 rings (SSSR count). The van der Waals surface area contributed by atoms with E-state index in [1.165, 1.54) is 0 Å². The van der Waals surface area contributed by atoms with Gasteiger partial charge in [0.05, 0.1) is 24.0 Å². The van der Waals surface area contributed by atoms with Crippen LogP contribution in [0.2, 0.25) is 0 Å². The van der Waals surface area contributed by atoms with E-state index in [9.17, 15) is 19.2 Å². The van der Waals surface area contributed by atoms with Gasteiger partial charge in [-0.2, -0.15) is 0 Å². The summed E-state index contributed by atoms with van der Waals surface area (Å²) in [5, 5.41) is 2.42. The first-order valence-corrected chi connectivity index (χ1v) is 10.4. The largest absolute Gasteiger partial charge is 0.373 e. The Balaban J connectivity index is 1.36. The lowest BCUT2D eigenvalue weighted by Crippen LogP contribution is -2.36. The lowest BCUT2D eigenvalue weighted by molar-refractivity contribution is -0.129. The fraction of sp³-hybridized carbons (Fsp3) is 0.565. The number of fused-ring (bicyclic) bond motifs is 5. The number of nitrogens with one attached hydrogen (secondary N) is 1. The SMILES string of the molecule is Cc1cc(C)c(C2C(=O)CC(CC3CC4OC3C3C(=O)NC(=O)C43)C2=O)c(C)c1. The number of amides is 2. The molecule has 2 bridgehead atoms. The van der Waals surface area contributed by atoms with Gasteiger partial charge in [0.1, 0.15) is 11.7 Å². The third-order valence-electron chi connectivity index (χ3n) is 7.40. The van der Waals surface area contributed by atoms with Crippen LogP contribution in [-0.4, -0.2) is 35.6 Å². The van der Waals surface area contributed by atoms with Gasteiger partial charge in [0.25, 0.3) is 0 Å². The van der Waals surface area contributed by atoms with Crippen LogP contribution in [0.1, 0.15) is 47.4 Å². The Morgan fingerprint density at radius 3 is 2.34 bits per heavy atom. The first kappa shape index (κ1) is 18.7. The summed E-state index contributed by atoms with van der Waals surface area (Å²) >= 11 is 0. The normalized spacial score (nSPS) is 38.1. The van der Waals surface area contributed by atoms with Gasteiger partial charge in [-0.3, -0.25) is 24.5 Å². The number of imide groups is 1. The van der Waals surface area contributed by atoms with Gasteiger partial charge in [0, 0.05) is 12.3 Å². The van der Waals surface area contributed by atoms with Crippen molar-refractivity contribution in [2.24, 2.45) is 23.7 Å². The smallest absolute Gasteiger partial charge is 0.233 e. The van der Waals surface area contributed by atoms with Gasteiger partial charge in [0.2, 0.25) is 11.8 Å². The molecule has 0 radical (unpaired) electrons. The molecule has 2 amide bonds. The highest BCUT2D eigenvalue weighted by molar-refractivity contribution is 6.15. The van der Waals surface area contributed by atoms with Gasteiger partial charge in [-0.05, 0) is 56.2 Å². The van der Waals surface area contributed by atoms with Gasteiger partial charge < -0.3 is 4.74 Å². The zero-order valence-corrected chi connectivity index (χ0v) is 16.9. The molecule has 1 aromatic rings. The van der Waals surface area contributed by atoms with Crippen LogP contribution in [0.3, 0.4) is 0 Å². The maximum atomic E-state index is 13.2. The molecule has 3 aliphatic heterocycles. The number of carbonyl (C=O) groups excluding carboxylic acids is 4. The van der Waals surface area contributed by atoms with Crippen molar-refractivity contribution in [3.63, 3.8) is 0 Å². The predicted molar refractivity (Wildman–Crippen MR) is 103 cm³/mol. The van der Waals surface area contributed by atoms with Crippen molar-refractivity contribution in [1.29, 1.82) is 0 Å². The fourth-order valence-corrected chi connectivity index (χ4v) is 6.38. The lowest BCUT2D eigenvalue weighted by atomic mass is 9.72. The van der Waals surface area contributed by atoms with Gasteiger partial charge in [-0.1, -0.05) is 17.7 Å². The molecule has 29 heavy (non-hydrogen) atoms. The first-order valence-electron chi connectivity index (χ1n) is 10.4. The summed E-state index contributed by atoms with van der Waals surface area (Å²) in [6, 6.07) is 4.05. The zero-order chi connectivity index (χ0) is 20.6. The van der Waals surface area contributed by atoms with E-state index in [4.69, 9.17) is 4.74 Å². The number of aryl methyl sites for hydroxylation is 3. The molecule has 1 N–H and O–H groups in total. The molecule has 7 unspecified atom stereocenters. The van der Waals surface area contributed by atoms with E-state index in [1.807, 2.05) is 32.9 Å². The Morgan fingerprint density at radius 2 is 1.66 bits per heavy atom. The average molecular weight is 395 g/mol. The van der Waals surface area contributed by atoms with E-state index in [-0.39, 0.29) is 59.8 Å². The molecular formula is C23H25NO5. The number of hydrogen-bond donors (Lipinski definition) is 1. The van der Waals surface area contributed by atoms with E-state index in [2.05, 4.69) is 5.32 Å². The molecule has 1 saturated carbocycles. The van der Waals surface area contributed by atoms with Crippen molar-refractivity contribution in [2.75, 3.05) is 0 Å². The first-order chi connectivity index (χ1) is 13.8. The Hall–Kier alpha value is -2.34. The molecule has 4 aliphatic rings. The second-order valence-electron chi connectivity index (χ2n) is 9.29. The molecule has 6 nitrogen and oxygen atoms in total. The summed E-state index contributed by atoms with van der Waals surface area (Å²) in [6.45, 7) is 5.93. The second kappa shape index (κ2) is 6.33. The summed E-state index contributed by atoms with van der Waals surface area (Å²) in [5.74, 6) is -2.28. The minimum Gasteiger partial charge on any atom is -0.373 e. The topological polar surface area (TPSA) is 89.5 Å². The van der Waals surface area contributed by atoms with Crippen LogP contribution < -0.4 is 5.32 Å². The third kappa shape index (κ3) is 2.65. The quantitative estimate of drug-likeness (QED) is 0.624. The Kier molecular flexibility index (Phi) is 4.07. The molecule has 7 atom stereocenters. The number of benzene rings is 1. The van der Waals surface area contributed by atoms with E-state index in [0.29, 0.717) is 12.8 Å². The van der Waals surface area contributed by atoms with Gasteiger partial charge >= 0.3 is 0 Å². The molecule has 6 heteroatoms. The molecule has 152 valence electrons.